The molecular formula is C11H10Cl2F3N3. The SMILES string of the molecule is NCC(/C=C(\N)C(F)(F)F)=Nc1cccc(Cl)c1Cl. The maximum absolute atomic E-state index is 12.3. The zero-order valence-electron chi connectivity index (χ0n) is 9.51. The Balaban J connectivity index is 3.17. The van der Waals surface area contributed by atoms with Gasteiger partial charge in [-0.2, -0.15) is 13.2 Å². The lowest BCUT2D eigenvalue weighted by Gasteiger charge is -2.07. The Labute approximate surface area is 117 Å². The van der Waals surface area contributed by atoms with Crippen molar-refractivity contribution in [1.29, 1.82) is 0 Å². The monoisotopic (exact) mass is 311 g/mol. The lowest BCUT2D eigenvalue weighted by atomic mass is 10.2. The highest BCUT2D eigenvalue weighted by molar-refractivity contribution is 6.43. The molecule has 0 bridgehead atoms. The van der Waals surface area contributed by atoms with E-state index in [1.54, 1.807) is 6.07 Å². The van der Waals surface area contributed by atoms with E-state index in [0.717, 1.165) is 0 Å². The highest BCUT2D eigenvalue weighted by atomic mass is 35.5. The number of benzene rings is 1. The Morgan fingerprint density at radius 2 is 1.95 bits per heavy atom. The molecular weight excluding hydrogens is 302 g/mol. The van der Waals surface area contributed by atoms with Gasteiger partial charge in [-0.05, 0) is 18.2 Å². The van der Waals surface area contributed by atoms with E-state index in [4.69, 9.17) is 34.7 Å². The molecule has 0 aliphatic heterocycles. The van der Waals surface area contributed by atoms with Gasteiger partial charge in [-0.3, -0.25) is 4.99 Å². The van der Waals surface area contributed by atoms with Crippen LogP contribution in [0.25, 0.3) is 0 Å². The van der Waals surface area contributed by atoms with Crippen molar-refractivity contribution >= 4 is 34.6 Å². The number of aliphatic imine (C=N–C) groups is 1. The molecule has 0 heterocycles. The summed E-state index contributed by atoms with van der Waals surface area (Å²) in [4.78, 5) is 3.91. The van der Waals surface area contributed by atoms with Crippen LogP contribution < -0.4 is 11.5 Å². The predicted octanol–water partition coefficient (Wildman–Crippen LogP) is 3.43. The first kappa shape index (κ1) is 15.8. The molecule has 3 nitrogen and oxygen atoms in total. The minimum Gasteiger partial charge on any atom is -0.395 e. The van der Waals surface area contributed by atoms with Gasteiger partial charge in [-0.15, -0.1) is 0 Å². The van der Waals surface area contributed by atoms with Crippen LogP contribution >= 0.6 is 23.2 Å². The minimum atomic E-state index is -4.63. The summed E-state index contributed by atoms with van der Waals surface area (Å²) in [5.74, 6) is 0. The van der Waals surface area contributed by atoms with Crippen molar-refractivity contribution < 1.29 is 13.2 Å². The normalized spacial score (nSPS) is 13.8. The van der Waals surface area contributed by atoms with Crippen molar-refractivity contribution in [2.75, 3.05) is 6.54 Å². The molecule has 0 amide bonds. The third-order valence-corrected chi connectivity index (χ3v) is 2.86. The van der Waals surface area contributed by atoms with E-state index < -0.39 is 11.9 Å². The first-order chi connectivity index (χ1) is 8.75. The fourth-order valence-electron chi connectivity index (χ4n) is 1.13. The maximum Gasteiger partial charge on any atom is 0.430 e. The van der Waals surface area contributed by atoms with Crippen molar-refractivity contribution in [2.24, 2.45) is 16.5 Å². The van der Waals surface area contributed by atoms with Gasteiger partial charge < -0.3 is 11.5 Å². The molecule has 19 heavy (non-hydrogen) atoms. The quantitative estimate of drug-likeness (QED) is 0.840. The molecule has 0 unspecified atom stereocenters. The zero-order chi connectivity index (χ0) is 14.6. The molecule has 4 N–H and O–H groups in total. The number of halogens is 5. The van der Waals surface area contributed by atoms with Crippen molar-refractivity contribution in [3.8, 4) is 0 Å². The van der Waals surface area contributed by atoms with Crippen molar-refractivity contribution in [3.63, 3.8) is 0 Å². The Morgan fingerprint density at radius 1 is 1.32 bits per heavy atom. The molecule has 0 atom stereocenters. The molecule has 8 heteroatoms. The van der Waals surface area contributed by atoms with Gasteiger partial charge >= 0.3 is 6.18 Å². The average Bonchev–Trinajstić information content (AvgIpc) is 2.32. The molecule has 1 rings (SSSR count). The molecule has 1 aromatic carbocycles. The van der Waals surface area contributed by atoms with Crippen LogP contribution in [0.2, 0.25) is 10.0 Å². The van der Waals surface area contributed by atoms with Gasteiger partial charge in [-0.1, -0.05) is 29.3 Å². The second-order valence-corrected chi connectivity index (χ2v) is 4.26. The van der Waals surface area contributed by atoms with Gasteiger partial charge in [0.2, 0.25) is 0 Å². The Morgan fingerprint density at radius 3 is 2.47 bits per heavy atom. The van der Waals surface area contributed by atoms with Crippen LogP contribution in [0.4, 0.5) is 18.9 Å². The first-order valence-electron chi connectivity index (χ1n) is 5.01. The van der Waals surface area contributed by atoms with Crippen LogP contribution in [-0.2, 0) is 0 Å². The number of hydrogen-bond acceptors (Lipinski definition) is 3. The summed E-state index contributed by atoms with van der Waals surface area (Å²) in [6, 6.07) is 4.60. The lowest BCUT2D eigenvalue weighted by molar-refractivity contribution is -0.0925. The first-order valence-corrected chi connectivity index (χ1v) is 5.77. The number of nitrogens with zero attached hydrogens (tertiary/aromatic N) is 1. The van der Waals surface area contributed by atoms with E-state index in [0.29, 0.717) is 6.08 Å². The van der Waals surface area contributed by atoms with Crippen LogP contribution in [0, 0.1) is 0 Å². The van der Waals surface area contributed by atoms with Crippen LogP contribution in [0.5, 0.6) is 0 Å². The summed E-state index contributed by atoms with van der Waals surface area (Å²) in [6.45, 7) is -0.223. The maximum atomic E-state index is 12.3. The standard InChI is InChI=1S/C11H10Cl2F3N3/c12-7-2-1-3-8(10(7)13)19-6(5-17)4-9(18)11(14,15)16/h1-4H,5,17-18H2/b9-4-,19-6?. The summed E-state index contributed by atoms with van der Waals surface area (Å²) in [7, 11) is 0. The van der Waals surface area contributed by atoms with E-state index in [2.05, 4.69) is 4.99 Å². The van der Waals surface area contributed by atoms with E-state index >= 15 is 0 Å². The van der Waals surface area contributed by atoms with E-state index in [9.17, 15) is 13.2 Å². The highest BCUT2D eigenvalue weighted by Gasteiger charge is 2.31. The minimum absolute atomic E-state index is 0.0565. The van der Waals surface area contributed by atoms with Crippen molar-refractivity contribution in [1.82, 2.24) is 0 Å². The van der Waals surface area contributed by atoms with Crippen LogP contribution in [-0.4, -0.2) is 18.4 Å². The summed E-state index contributed by atoms with van der Waals surface area (Å²) in [5.41, 5.74) is 9.10. The third kappa shape index (κ3) is 4.41. The summed E-state index contributed by atoms with van der Waals surface area (Å²) in [6.07, 6.45) is -3.97. The largest absolute Gasteiger partial charge is 0.430 e. The fraction of sp³-hybridized carbons (Fsp3) is 0.182. The van der Waals surface area contributed by atoms with Gasteiger partial charge in [0.15, 0.2) is 0 Å². The highest BCUT2D eigenvalue weighted by Crippen LogP contribution is 2.32. The third-order valence-electron chi connectivity index (χ3n) is 2.05. The second-order valence-electron chi connectivity index (χ2n) is 3.48. The van der Waals surface area contributed by atoms with E-state index in [1.165, 1.54) is 12.1 Å². The molecule has 0 saturated carbocycles. The van der Waals surface area contributed by atoms with Crippen molar-refractivity contribution in [3.05, 3.63) is 40.0 Å². The van der Waals surface area contributed by atoms with Crippen LogP contribution in [0.3, 0.4) is 0 Å². The smallest absolute Gasteiger partial charge is 0.395 e. The van der Waals surface area contributed by atoms with Crippen molar-refractivity contribution in [2.45, 2.75) is 6.18 Å². The summed E-state index contributed by atoms with van der Waals surface area (Å²) >= 11 is 11.6. The number of nitrogens with two attached hydrogens (primary N) is 2. The predicted molar refractivity (Wildman–Crippen MR) is 70.9 cm³/mol. The number of alkyl halides is 3. The number of rotatable bonds is 3. The molecule has 0 aliphatic rings. The lowest BCUT2D eigenvalue weighted by Crippen LogP contribution is -2.22. The molecule has 1 aromatic rings. The Kier molecular flexibility index (Phi) is 5.22. The molecule has 104 valence electrons. The zero-order valence-corrected chi connectivity index (χ0v) is 11.0. The number of allylic oxidation sites excluding steroid dienone is 1. The topological polar surface area (TPSA) is 64.4 Å². The molecule has 0 fully saturated rings. The van der Waals surface area contributed by atoms with E-state index in [-0.39, 0.29) is 28.0 Å². The van der Waals surface area contributed by atoms with Gasteiger partial charge in [0.25, 0.3) is 0 Å². The fourth-order valence-corrected chi connectivity index (χ4v) is 1.47. The summed E-state index contributed by atoms with van der Waals surface area (Å²) < 4.78 is 36.9. The van der Waals surface area contributed by atoms with Crippen LogP contribution in [0.15, 0.2) is 35.0 Å². The summed E-state index contributed by atoms with van der Waals surface area (Å²) in [5, 5.41) is 0.376. The Bertz CT molecular complexity index is 524. The Hall–Kier alpha value is -1.24. The van der Waals surface area contributed by atoms with Gasteiger partial charge in [0, 0.05) is 6.54 Å². The molecule has 0 spiro atoms. The average molecular weight is 312 g/mol. The van der Waals surface area contributed by atoms with Gasteiger partial charge in [-0.25, -0.2) is 0 Å². The van der Waals surface area contributed by atoms with E-state index in [1.807, 2.05) is 0 Å². The molecule has 0 radical (unpaired) electrons. The molecule has 0 aromatic heterocycles. The molecule has 0 aliphatic carbocycles. The second kappa shape index (κ2) is 6.27. The van der Waals surface area contributed by atoms with Crippen LogP contribution in [0.1, 0.15) is 0 Å². The molecule has 0 saturated heterocycles. The number of hydrogen-bond donors (Lipinski definition) is 2. The van der Waals surface area contributed by atoms with Gasteiger partial charge in [0.05, 0.1) is 21.4 Å². The van der Waals surface area contributed by atoms with Gasteiger partial charge in [0.1, 0.15) is 5.70 Å².